The summed E-state index contributed by atoms with van der Waals surface area (Å²) in [4.78, 5) is 22.2. The van der Waals surface area contributed by atoms with Gasteiger partial charge < -0.3 is 24.7 Å². The van der Waals surface area contributed by atoms with Crippen molar-refractivity contribution in [2.24, 2.45) is 12.8 Å². The molecule has 0 unspecified atom stereocenters. The van der Waals surface area contributed by atoms with Gasteiger partial charge in [0.25, 0.3) is 16.0 Å². The third-order valence-electron chi connectivity index (χ3n) is 9.66. The van der Waals surface area contributed by atoms with Crippen LogP contribution in [0.4, 0.5) is 13.2 Å². The lowest BCUT2D eigenvalue weighted by atomic mass is 10.1. The molecule has 1 saturated heterocycles. The van der Waals surface area contributed by atoms with Crippen LogP contribution in [-0.4, -0.2) is 89.0 Å². The van der Waals surface area contributed by atoms with Crippen LogP contribution in [0.3, 0.4) is 0 Å². The number of fused-ring (bicyclic) bond motifs is 1. The Bertz CT molecular complexity index is 1910. The third-order valence-corrected chi connectivity index (χ3v) is 10.9. The number of aryl methyl sites for hydroxylation is 2. The second kappa shape index (κ2) is 21.4. The lowest BCUT2D eigenvalue weighted by Crippen LogP contribution is -2.48. The number of unbranched alkanes of at least 4 members (excludes halogenated alkanes) is 7. The van der Waals surface area contributed by atoms with E-state index in [0.717, 1.165) is 42.3 Å². The van der Waals surface area contributed by atoms with Crippen molar-refractivity contribution in [1.29, 1.82) is 0 Å². The Labute approximate surface area is 328 Å². The Morgan fingerprint density at radius 1 is 0.857 bits per heavy atom. The van der Waals surface area contributed by atoms with Crippen molar-refractivity contribution in [2.45, 2.75) is 89.6 Å². The van der Waals surface area contributed by atoms with E-state index in [2.05, 4.69) is 16.0 Å². The van der Waals surface area contributed by atoms with E-state index in [1.807, 2.05) is 53.0 Å². The molecule has 308 valence electrons. The number of benzene rings is 2. The van der Waals surface area contributed by atoms with E-state index >= 15 is 0 Å². The number of nitrogens with zero attached hydrogens (tertiary/aromatic N) is 4. The van der Waals surface area contributed by atoms with Crippen LogP contribution in [0, 0.1) is 0 Å². The number of hydrogen-bond donors (Lipinski definition) is 2. The molecule has 15 heteroatoms. The second-order valence-corrected chi connectivity index (χ2v) is 16.4. The van der Waals surface area contributed by atoms with Gasteiger partial charge in [-0.2, -0.15) is 21.6 Å². The van der Waals surface area contributed by atoms with Crippen LogP contribution in [0.1, 0.15) is 86.8 Å². The van der Waals surface area contributed by atoms with Gasteiger partial charge in [0.15, 0.2) is 6.61 Å². The molecule has 5 rings (SSSR count). The Balaban J connectivity index is 0.000000908. The smallest absolute Gasteiger partial charge is 0.422 e. The summed E-state index contributed by atoms with van der Waals surface area (Å²) in [7, 11) is -1.85. The predicted octanol–water partition coefficient (Wildman–Crippen LogP) is 8.17. The molecule has 1 fully saturated rings. The fourth-order valence-corrected chi connectivity index (χ4v) is 6.24. The fourth-order valence-electron chi connectivity index (χ4n) is 6.24. The van der Waals surface area contributed by atoms with Gasteiger partial charge in [0.05, 0.1) is 10.8 Å². The Hall–Kier alpha value is -4.18. The molecule has 0 aliphatic carbocycles. The van der Waals surface area contributed by atoms with E-state index in [0.29, 0.717) is 50.0 Å². The average molecular weight is 804 g/mol. The Morgan fingerprint density at radius 3 is 2.02 bits per heavy atom. The summed E-state index contributed by atoms with van der Waals surface area (Å²) in [6.45, 7) is 5.52. The minimum Gasteiger partial charge on any atom is -0.484 e. The first kappa shape index (κ1) is 44.5. The quantitative estimate of drug-likeness (QED) is 0.0753. The first-order valence-corrected chi connectivity index (χ1v) is 20.8. The molecule has 2 aromatic heterocycles. The second-order valence-electron chi connectivity index (χ2n) is 14.5. The maximum absolute atomic E-state index is 13.6. The Morgan fingerprint density at radius 2 is 1.45 bits per heavy atom. The van der Waals surface area contributed by atoms with Crippen LogP contribution in [0.15, 0.2) is 66.9 Å². The molecule has 0 spiro atoms. The van der Waals surface area contributed by atoms with Crippen LogP contribution < -0.4 is 15.2 Å². The number of ether oxygens (including phenoxy) is 2. The minimum atomic E-state index is -4.37. The van der Waals surface area contributed by atoms with Gasteiger partial charge in [-0.05, 0) is 81.1 Å². The summed E-state index contributed by atoms with van der Waals surface area (Å²) in [5.74, 6) is 1.36. The highest BCUT2D eigenvalue weighted by Crippen LogP contribution is 2.28. The van der Waals surface area contributed by atoms with Gasteiger partial charge in [-0.25, -0.2) is 4.98 Å². The van der Waals surface area contributed by atoms with Crippen molar-refractivity contribution >= 4 is 26.9 Å². The highest BCUT2D eigenvalue weighted by atomic mass is 32.2. The van der Waals surface area contributed by atoms with Gasteiger partial charge in [0, 0.05) is 63.5 Å². The summed E-state index contributed by atoms with van der Waals surface area (Å²) in [5.41, 5.74) is 9.26. The van der Waals surface area contributed by atoms with Gasteiger partial charge in [0.1, 0.15) is 17.2 Å². The van der Waals surface area contributed by atoms with Gasteiger partial charge in [-0.3, -0.25) is 14.2 Å². The number of alkyl halides is 3. The zero-order chi connectivity index (χ0) is 40.7. The van der Waals surface area contributed by atoms with E-state index in [1.54, 1.807) is 24.3 Å². The fraction of sp³-hybridized carbons (Fsp3) is 0.512. The molecule has 56 heavy (non-hydrogen) atoms. The van der Waals surface area contributed by atoms with Crippen molar-refractivity contribution < 1.29 is 40.4 Å². The molecule has 0 radical (unpaired) electrons. The molecule has 11 nitrogen and oxygen atoms in total. The number of amides is 1. The normalized spacial score (nSPS) is 13.8. The lowest BCUT2D eigenvalue weighted by molar-refractivity contribution is -0.153. The van der Waals surface area contributed by atoms with Crippen molar-refractivity contribution in [3.05, 3.63) is 83.7 Å². The molecule has 0 atom stereocenters. The topological polar surface area (TPSA) is 140 Å². The van der Waals surface area contributed by atoms with E-state index in [1.165, 1.54) is 57.9 Å². The van der Waals surface area contributed by atoms with E-state index in [9.17, 15) is 26.4 Å². The summed E-state index contributed by atoms with van der Waals surface area (Å²) in [5, 5.41) is 0.283. The first-order valence-electron chi connectivity index (χ1n) is 19.3. The van der Waals surface area contributed by atoms with Gasteiger partial charge in [0.2, 0.25) is 5.88 Å². The predicted molar refractivity (Wildman–Crippen MR) is 213 cm³/mol. The molecule has 3 N–H and O–H groups in total. The molecular formula is C41H56F3N5O6S. The van der Waals surface area contributed by atoms with Crippen molar-refractivity contribution in [3.8, 4) is 17.4 Å². The van der Waals surface area contributed by atoms with Crippen LogP contribution in [0.5, 0.6) is 17.4 Å². The highest BCUT2D eigenvalue weighted by molar-refractivity contribution is 7.86. The largest absolute Gasteiger partial charge is 0.484 e. The zero-order valence-electron chi connectivity index (χ0n) is 32.6. The van der Waals surface area contributed by atoms with Gasteiger partial charge >= 0.3 is 6.18 Å². The average Bonchev–Trinajstić information content (AvgIpc) is 3.49. The summed E-state index contributed by atoms with van der Waals surface area (Å²) in [6.07, 6.45) is 8.49. The number of aromatic nitrogens is 2. The van der Waals surface area contributed by atoms with E-state index in [4.69, 9.17) is 19.8 Å². The molecule has 1 aliphatic rings. The van der Waals surface area contributed by atoms with Crippen molar-refractivity contribution in [3.63, 3.8) is 0 Å². The number of halogens is 3. The maximum Gasteiger partial charge on any atom is 0.422 e. The number of hydrogen-bond acceptors (Lipinski definition) is 8. The molecule has 2 aromatic carbocycles. The number of pyridine rings is 1. The molecular weight excluding hydrogens is 748 g/mol. The molecule has 0 saturated carbocycles. The summed E-state index contributed by atoms with van der Waals surface area (Å²) < 4.78 is 77.9. The van der Waals surface area contributed by atoms with E-state index < -0.39 is 28.2 Å². The van der Waals surface area contributed by atoms with E-state index in [-0.39, 0.29) is 11.7 Å². The van der Waals surface area contributed by atoms with Gasteiger partial charge in [-0.1, -0.05) is 56.7 Å². The molecule has 1 aliphatic heterocycles. The number of carbonyl (C=O) groups excluding carboxylic acids is 1. The number of nitrogens with two attached hydrogens (primary N) is 1. The van der Waals surface area contributed by atoms with Crippen LogP contribution in [0.2, 0.25) is 0 Å². The SMILES string of the molecule is CC(C)S(=O)(=O)O.Cn1c(C(=O)N2CCN(Cc3ccc(OCC(F)(F)F)cc3)CC2)cc2ccc(Oc3ccc(CCCCCCCCCCN)cn3)cc21. The molecule has 1 amide bonds. The van der Waals surface area contributed by atoms with Crippen molar-refractivity contribution in [1.82, 2.24) is 19.4 Å². The summed E-state index contributed by atoms with van der Waals surface area (Å²) >= 11 is 0. The molecule has 0 bridgehead atoms. The lowest BCUT2D eigenvalue weighted by Gasteiger charge is -2.34. The zero-order valence-corrected chi connectivity index (χ0v) is 33.5. The monoisotopic (exact) mass is 803 g/mol. The Kier molecular flexibility index (Phi) is 17.0. The highest BCUT2D eigenvalue weighted by Gasteiger charge is 2.28. The third kappa shape index (κ3) is 14.7. The molecule has 3 heterocycles. The standard InChI is InChI=1S/C38H48F3N5O3.C3H8O3S/c1-44-34-25-33(49-36-18-13-29(26-43-36)10-8-6-4-2-3-5-7-9-19-42)17-14-31(34)24-35(44)37(47)46-22-20-45(21-23-46)27-30-11-15-32(16-12-30)48-28-38(39,40)41;1-3(2)7(4,5)6/h11-18,24-26H,2-10,19-23,27-28,42H2,1H3;3H,1-2H3,(H,4,5,6). The minimum absolute atomic E-state index is 0.0215. The number of piperazine rings is 1. The van der Waals surface area contributed by atoms with Gasteiger partial charge in [-0.15, -0.1) is 0 Å². The van der Waals surface area contributed by atoms with Crippen molar-refractivity contribution in [2.75, 3.05) is 39.3 Å². The van der Waals surface area contributed by atoms with Crippen LogP contribution in [0.25, 0.3) is 10.9 Å². The van der Waals surface area contributed by atoms with Crippen LogP contribution >= 0.6 is 0 Å². The first-order chi connectivity index (χ1) is 26.6. The number of rotatable bonds is 18. The summed E-state index contributed by atoms with van der Waals surface area (Å²) in [6, 6.07) is 18.4. The maximum atomic E-state index is 13.6. The molecule has 4 aromatic rings. The number of carbonyl (C=O) groups is 1. The van der Waals surface area contributed by atoms with Crippen LogP contribution in [-0.2, 0) is 30.1 Å².